The van der Waals surface area contributed by atoms with E-state index in [1.54, 1.807) is 4.90 Å². The normalized spacial score (nSPS) is 26.4. The van der Waals surface area contributed by atoms with Gasteiger partial charge in [-0.15, -0.1) is 17.5 Å². The first kappa shape index (κ1) is 17.8. The lowest BCUT2D eigenvalue weighted by atomic mass is 9.72. The van der Waals surface area contributed by atoms with Crippen molar-refractivity contribution >= 4 is 18.3 Å². The first-order valence-corrected chi connectivity index (χ1v) is 8.14. The molecule has 136 valence electrons. The molecule has 0 saturated carbocycles. The summed E-state index contributed by atoms with van der Waals surface area (Å²) in [5.74, 6) is 0.332. The van der Waals surface area contributed by atoms with Crippen LogP contribution < -0.4 is 5.32 Å². The summed E-state index contributed by atoms with van der Waals surface area (Å²) in [6.45, 7) is 2.78. The predicted octanol–water partition coefficient (Wildman–Crippen LogP) is -0.616. The Labute approximate surface area is 150 Å². The maximum Gasteiger partial charge on any atom is 0.259 e. The number of H-pyrrole nitrogens is 1. The second-order valence-electron chi connectivity index (χ2n) is 6.56. The van der Waals surface area contributed by atoms with Gasteiger partial charge in [-0.2, -0.15) is 9.78 Å². The van der Waals surface area contributed by atoms with E-state index in [1.807, 2.05) is 0 Å². The van der Waals surface area contributed by atoms with Crippen LogP contribution in [0, 0.1) is 5.41 Å². The lowest BCUT2D eigenvalue weighted by molar-refractivity contribution is -0.0433. The molecule has 1 amide bonds. The molecule has 2 aliphatic rings. The number of aromatic amines is 1. The quantitative estimate of drug-likeness (QED) is 0.645. The van der Waals surface area contributed by atoms with Crippen LogP contribution in [-0.2, 0) is 0 Å². The van der Waals surface area contributed by atoms with Gasteiger partial charge in [0.25, 0.3) is 5.91 Å². The minimum absolute atomic E-state index is 0. The zero-order chi connectivity index (χ0) is 16.6. The Kier molecular flexibility index (Phi) is 5.02. The number of hydrogen-bond donors (Lipinski definition) is 3. The van der Waals surface area contributed by atoms with Crippen LogP contribution in [0.5, 0.6) is 0 Å². The van der Waals surface area contributed by atoms with Gasteiger partial charge in [0.2, 0.25) is 0 Å². The van der Waals surface area contributed by atoms with Crippen LogP contribution in [0.15, 0.2) is 12.5 Å². The standard InChI is InChI=1S/C14H20N8O2.ClH/c23-11-2-4-15-7-14(11)3-1-5-21(8-14)13(24)10-6-16-18-12(10)22-9-17-19-20-22;/h6,9,11,15,23H,1-5,7-8H2,(H,16,18);1H/t11-,14-;/m0./s1. The third kappa shape index (κ3) is 3.12. The van der Waals surface area contributed by atoms with Gasteiger partial charge >= 0.3 is 0 Å². The Bertz CT molecular complexity index is 716. The Balaban J connectivity index is 0.00000182. The Morgan fingerprint density at radius 3 is 3.08 bits per heavy atom. The van der Waals surface area contributed by atoms with Crippen molar-refractivity contribution < 1.29 is 9.90 Å². The molecule has 2 aliphatic heterocycles. The van der Waals surface area contributed by atoms with Gasteiger partial charge in [0.05, 0.1) is 12.3 Å². The number of aromatic nitrogens is 6. The molecule has 4 heterocycles. The van der Waals surface area contributed by atoms with E-state index in [4.69, 9.17) is 0 Å². The average molecular weight is 369 g/mol. The van der Waals surface area contributed by atoms with E-state index in [2.05, 4.69) is 31.0 Å². The molecule has 2 atom stereocenters. The second kappa shape index (κ2) is 7.06. The lowest BCUT2D eigenvalue weighted by Crippen LogP contribution is -2.58. The number of hydrogen-bond acceptors (Lipinski definition) is 7. The van der Waals surface area contributed by atoms with Crippen LogP contribution in [0.2, 0.25) is 0 Å². The first-order chi connectivity index (χ1) is 11.7. The maximum atomic E-state index is 13.0. The summed E-state index contributed by atoms with van der Waals surface area (Å²) in [5, 5.41) is 31.6. The lowest BCUT2D eigenvalue weighted by Gasteiger charge is -2.48. The molecule has 0 bridgehead atoms. The molecule has 4 rings (SSSR count). The van der Waals surface area contributed by atoms with Crippen LogP contribution in [0.3, 0.4) is 0 Å². The SMILES string of the molecule is Cl.O=C(c1cn[nH]c1-n1cnnn1)N1CCC[C@]2(CNCC[C@@H]2O)C1. The average Bonchev–Trinajstić information content (AvgIpc) is 3.28. The molecule has 25 heavy (non-hydrogen) atoms. The Hall–Kier alpha value is -2.04. The number of aliphatic hydroxyl groups is 1. The van der Waals surface area contributed by atoms with Crippen LogP contribution in [0.25, 0.3) is 5.82 Å². The summed E-state index contributed by atoms with van der Waals surface area (Å²) >= 11 is 0. The number of carbonyl (C=O) groups is 1. The van der Waals surface area contributed by atoms with Gasteiger partial charge in [0.1, 0.15) is 11.9 Å². The number of rotatable bonds is 2. The fourth-order valence-corrected chi connectivity index (χ4v) is 3.79. The largest absolute Gasteiger partial charge is 0.392 e. The van der Waals surface area contributed by atoms with Crippen molar-refractivity contribution in [3.63, 3.8) is 0 Å². The first-order valence-electron chi connectivity index (χ1n) is 8.14. The van der Waals surface area contributed by atoms with Crippen molar-refractivity contribution in [1.29, 1.82) is 0 Å². The monoisotopic (exact) mass is 368 g/mol. The van der Waals surface area contributed by atoms with Crippen molar-refractivity contribution in [1.82, 2.24) is 40.6 Å². The number of likely N-dealkylation sites (tertiary alicyclic amines) is 1. The number of halogens is 1. The minimum atomic E-state index is -0.377. The van der Waals surface area contributed by atoms with Crippen molar-refractivity contribution in [2.45, 2.75) is 25.4 Å². The number of amides is 1. The highest BCUT2D eigenvalue weighted by Crippen LogP contribution is 2.36. The fourth-order valence-electron chi connectivity index (χ4n) is 3.79. The van der Waals surface area contributed by atoms with E-state index in [0.29, 0.717) is 24.5 Å². The Morgan fingerprint density at radius 2 is 2.32 bits per heavy atom. The third-order valence-electron chi connectivity index (χ3n) is 5.10. The van der Waals surface area contributed by atoms with Gasteiger partial charge in [-0.25, -0.2) is 0 Å². The summed E-state index contributed by atoms with van der Waals surface area (Å²) < 4.78 is 1.39. The third-order valence-corrected chi connectivity index (χ3v) is 5.10. The maximum absolute atomic E-state index is 13.0. The number of nitrogens with zero attached hydrogens (tertiary/aromatic N) is 6. The van der Waals surface area contributed by atoms with Crippen molar-refractivity contribution in [2.24, 2.45) is 5.41 Å². The molecule has 11 heteroatoms. The van der Waals surface area contributed by atoms with Crippen LogP contribution in [0.4, 0.5) is 0 Å². The smallest absolute Gasteiger partial charge is 0.259 e. The highest BCUT2D eigenvalue weighted by molar-refractivity contribution is 5.97. The summed E-state index contributed by atoms with van der Waals surface area (Å²) in [4.78, 5) is 14.8. The van der Waals surface area contributed by atoms with Gasteiger partial charge in [-0.05, 0) is 36.2 Å². The van der Waals surface area contributed by atoms with Crippen molar-refractivity contribution in [2.75, 3.05) is 26.2 Å². The van der Waals surface area contributed by atoms with E-state index in [0.717, 1.165) is 32.4 Å². The molecule has 2 aromatic heterocycles. The van der Waals surface area contributed by atoms with E-state index >= 15 is 0 Å². The second-order valence-corrected chi connectivity index (χ2v) is 6.56. The summed E-state index contributed by atoms with van der Waals surface area (Å²) in [5.41, 5.74) is 0.169. The predicted molar refractivity (Wildman–Crippen MR) is 89.6 cm³/mol. The van der Waals surface area contributed by atoms with Gasteiger partial charge in [0.15, 0.2) is 5.82 Å². The van der Waals surface area contributed by atoms with Gasteiger partial charge in [-0.3, -0.25) is 9.89 Å². The highest BCUT2D eigenvalue weighted by Gasteiger charge is 2.44. The molecule has 2 aromatic rings. The summed E-state index contributed by atoms with van der Waals surface area (Å²) in [7, 11) is 0. The zero-order valence-corrected chi connectivity index (χ0v) is 14.4. The molecule has 10 nitrogen and oxygen atoms in total. The van der Waals surface area contributed by atoms with E-state index < -0.39 is 0 Å². The van der Waals surface area contributed by atoms with E-state index in [9.17, 15) is 9.90 Å². The summed E-state index contributed by atoms with van der Waals surface area (Å²) in [6, 6.07) is 0. The molecular formula is C14H21ClN8O2. The van der Waals surface area contributed by atoms with Crippen LogP contribution in [0.1, 0.15) is 29.6 Å². The fraction of sp³-hybridized carbons (Fsp3) is 0.643. The molecule has 2 saturated heterocycles. The summed E-state index contributed by atoms with van der Waals surface area (Å²) in [6.07, 6.45) is 5.06. The minimum Gasteiger partial charge on any atom is -0.392 e. The number of carbonyl (C=O) groups excluding carboxylic acids is 1. The number of nitrogens with one attached hydrogen (secondary N) is 2. The molecule has 0 unspecified atom stereocenters. The number of tetrazole rings is 1. The van der Waals surface area contributed by atoms with Crippen LogP contribution in [-0.4, -0.2) is 78.6 Å². The highest BCUT2D eigenvalue weighted by atomic mass is 35.5. The molecule has 2 fully saturated rings. The molecular weight excluding hydrogens is 348 g/mol. The van der Waals surface area contributed by atoms with Gasteiger partial charge < -0.3 is 15.3 Å². The van der Waals surface area contributed by atoms with E-state index in [-0.39, 0.29) is 29.8 Å². The molecule has 1 spiro atoms. The topological polar surface area (TPSA) is 125 Å². The Morgan fingerprint density at radius 1 is 1.44 bits per heavy atom. The number of piperidine rings is 2. The van der Waals surface area contributed by atoms with Crippen molar-refractivity contribution in [3.05, 3.63) is 18.1 Å². The molecule has 0 aliphatic carbocycles. The van der Waals surface area contributed by atoms with E-state index in [1.165, 1.54) is 17.2 Å². The van der Waals surface area contributed by atoms with Crippen molar-refractivity contribution in [3.8, 4) is 5.82 Å². The number of aliphatic hydroxyl groups excluding tert-OH is 1. The molecule has 0 radical (unpaired) electrons. The molecule has 0 aromatic carbocycles. The zero-order valence-electron chi connectivity index (χ0n) is 13.6. The van der Waals surface area contributed by atoms with Gasteiger partial charge in [0, 0.05) is 25.0 Å². The molecule has 3 N–H and O–H groups in total. The van der Waals surface area contributed by atoms with Crippen LogP contribution >= 0.6 is 12.4 Å². The van der Waals surface area contributed by atoms with Gasteiger partial charge in [-0.1, -0.05) is 0 Å².